The van der Waals surface area contributed by atoms with Crippen LogP contribution in [0.3, 0.4) is 0 Å². The lowest BCUT2D eigenvalue weighted by Crippen LogP contribution is -2.13. The predicted octanol–water partition coefficient (Wildman–Crippen LogP) is 10.3. The topological polar surface area (TPSA) is 0 Å². The number of halogens is 4. The van der Waals surface area contributed by atoms with E-state index in [1.807, 2.05) is 12.1 Å². The van der Waals surface area contributed by atoms with E-state index in [0.29, 0.717) is 35.3 Å². The zero-order valence-corrected chi connectivity index (χ0v) is 21.4. The van der Waals surface area contributed by atoms with E-state index in [-0.39, 0.29) is 5.82 Å². The number of benzene rings is 3. The van der Waals surface area contributed by atoms with Gasteiger partial charge in [0.2, 0.25) is 0 Å². The third-order valence-corrected chi connectivity index (χ3v) is 8.18. The molecular weight excluding hydrogens is 465 g/mol. The molecule has 0 radical (unpaired) electrons. The van der Waals surface area contributed by atoms with Crippen LogP contribution in [-0.4, -0.2) is 0 Å². The fourth-order valence-electron chi connectivity index (χ4n) is 5.65. The monoisotopic (exact) mass is 500 g/mol. The van der Waals surface area contributed by atoms with Crippen LogP contribution >= 0.6 is 11.6 Å². The van der Waals surface area contributed by atoms with E-state index in [1.165, 1.54) is 81.9 Å². The highest BCUT2D eigenvalue weighted by Crippen LogP contribution is 2.39. The minimum atomic E-state index is -0.783. The second-order valence-electron chi connectivity index (χ2n) is 10.3. The van der Waals surface area contributed by atoms with Crippen molar-refractivity contribution in [2.24, 2.45) is 5.92 Å². The van der Waals surface area contributed by atoms with Gasteiger partial charge < -0.3 is 0 Å². The highest BCUT2D eigenvalue weighted by molar-refractivity contribution is 6.30. The third kappa shape index (κ3) is 6.61. The maximum absolute atomic E-state index is 15.2. The van der Waals surface area contributed by atoms with Crippen molar-refractivity contribution in [1.82, 2.24) is 0 Å². The summed E-state index contributed by atoms with van der Waals surface area (Å²) in [5, 5.41) is 1.03. The fraction of sp³-hybridized carbons (Fsp3) is 0.484. The predicted molar refractivity (Wildman–Crippen MR) is 141 cm³/mol. The van der Waals surface area contributed by atoms with Crippen molar-refractivity contribution in [2.45, 2.75) is 89.9 Å². The van der Waals surface area contributed by atoms with Crippen LogP contribution < -0.4 is 0 Å². The van der Waals surface area contributed by atoms with Crippen molar-refractivity contribution < 1.29 is 13.2 Å². The molecule has 3 aromatic rings. The summed E-state index contributed by atoms with van der Waals surface area (Å²) in [6.45, 7) is 2.26. The lowest BCUT2D eigenvalue weighted by atomic mass is 9.76. The molecule has 0 aromatic heterocycles. The lowest BCUT2D eigenvalue weighted by molar-refractivity contribution is 0.302. The van der Waals surface area contributed by atoms with Gasteiger partial charge in [0.1, 0.15) is 22.5 Å². The Labute approximate surface area is 212 Å². The van der Waals surface area contributed by atoms with E-state index in [0.717, 1.165) is 11.3 Å². The molecular formula is C31H36ClF3. The third-order valence-electron chi connectivity index (χ3n) is 7.82. The second-order valence-corrected chi connectivity index (χ2v) is 10.7. The van der Waals surface area contributed by atoms with E-state index in [1.54, 1.807) is 6.07 Å². The molecule has 0 amide bonds. The number of hydrogen-bond acceptors (Lipinski definition) is 0. The van der Waals surface area contributed by atoms with Gasteiger partial charge in [-0.05, 0) is 84.6 Å². The van der Waals surface area contributed by atoms with E-state index in [9.17, 15) is 8.78 Å². The molecule has 0 unspecified atom stereocenters. The molecule has 0 saturated heterocycles. The normalized spacial score (nSPS) is 18.3. The molecule has 4 rings (SSSR count). The molecule has 3 aromatic carbocycles. The summed E-state index contributed by atoms with van der Waals surface area (Å²) in [5.41, 5.74) is 2.34. The first kappa shape index (κ1) is 26.1. The number of rotatable bonds is 10. The van der Waals surface area contributed by atoms with Crippen molar-refractivity contribution in [1.29, 1.82) is 0 Å². The van der Waals surface area contributed by atoms with Gasteiger partial charge in [0.05, 0.1) is 0 Å². The maximum atomic E-state index is 15.2. The average Bonchev–Trinajstić information content (AvgIpc) is 2.87. The van der Waals surface area contributed by atoms with Crippen molar-refractivity contribution in [3.05, 3.63) is 81.6 Å². The molecule has 35 heavy (non-hydrogen) atoms. The van der Waals surface area contributed by atoms with E-state index in [4.69, 9.17) is 11.6 Å². The Morgan fingerprint density at radius 1 is 0.800 bits per heavy atom. The summed E-state index contributed by atoms with van der Waals surface area (Å²) in [5.74, 6) is -0.372. The van der Waals surface area contributed by atoms with Crippen LogP contribution in [-0.2, 0) is 12.8 Å². The maximum Gasteiger partial charge on any atom is 0.145 e. The number of unbranched alkanes of at least 4 members (excludes halogenated alkanes) is 4. The number of hydrogen-bond donors (Lipinski definition) is 0. The minimum absolute atomic E-state index is 0.240. The molecule has 0 N–H and O–H groups in total. The number of aryl methyl sites for hydroxylation is 2. The van der Waals surface area contributed by atoms with Gasteiger partial charge in [-0.15, -0.1) is 0 Å². The summed E-state index contributed by atoms with van der Waals surface area (Å²) in [6.07, 6.45) is 13.9. The van der Waals surface area contributed by atoms with Crippen LogP contribution in [0.2, 0.25) is 5.02 Å². The zero-order chi connectivity index (χ0) is 24.8. The van der Waals surface area contributed by atoms with E-state index >= 15 is 4.39 Å². The Balaban J connectivity index is 1.36. The molecule has 1 aliphatic carbocycles. The highest BCUT2D eigenvalue weighted by atomic mass is 35.5. The summed E-state index contributed by atoms with van der Waals surface area (Å²) < 4.78 is 42.7. The van der Waals surface area contributed by atoms with Crippen molar-refractivity contribution in [2.75, 3.05) is 0 Å². The molecule has 0 bridgehead atoms. The van der Waals surface area contributed by atoms with Crippen LogP contribution in [0, 0.1) is 23.4 Å². The Hall–Kier alpha value is -2.00. The molecule has 0 spiro atoms. The smallest absolute Gasteiger partial charge is 0.145 e. The van der Waals surface area contributed by atoms with Gasteiger partial charge in [-0.3, -0.25) is 0 Å². The first-order valence-electron chi connectivity index (χ1n) is 13.3. The Bertz CT molecular complexity index is 1110. The average molecular weight is 501 g/mol. The Morgan fingerprint density at radius 3 is 2.23 bits per heavy atom. The van der Waals surface area contributed by atoms with Gasteiger partial charge in [-0.1, -0.05) is 87.4 Å². The molecule has 0 heterocycles. The Morgan fingerprint density at radius 2 is 1.51 bits per heavy atom. The van der Waals surface area contributed by atoms with E-state index < -0.39 is 16.7 Å². The molecule has 4 heteroatoms. The molecule has 0 nitrogen and oxygen atoms in total. The quantitative estimate of drug-likeness (QED) is 0.192. The molecule has 1 aliphatic rings. The van der Waals surface area contributed by atoms with E-state index in [2.05, 4.69) is 19.1 Å². The summed E-state index contributed by atoms with van der Waals surface area (Å²) in [4.78, 5) is 0. The summed E-state index contributed by atoms with van der Waals surface area (Å²) in [7, 11) is 0. The summed E-state index contributed by atoms with van der Waals surface area (Å²) >= 11 is 5.56. The van der Waals surface area contributed by atoms with Gasteiger partial charge in [0.25, 0.3) is 0 Å². The van der Waals surface area contributed by atoms with Gasteiger partial charge >= 0.3 is 0 Å². The van der Waals surface area contributed by atoms with Crippen molar-refractivity contribution >= 4 is 22.4 Å². The van der Waals surface area contributed by atoms with Crippen LogP contribution in [0.25, 0.3) is 10.8 Å². The SMILES string of the molecule is CCCCCCCC1CCC(c2ccc3c(F)c(CCc4cc(F)c(Cl)c(F)c4)ccc3c2)CC1. The van der Waals surface area contributed by atoms with Crippen LogP contribution in [0.1, 0.15) is 93.7 Å². The molecule has 0 atom stereocenters. The lowest BCUT2D eigenvalue weighted by Gasteiger charge is -2.29. The largest absolute Gasteiger partial charge is 0.206 e. The van der Waals surface area contributed by atoms with Crippen molar-refractivity contribution in [3.63, 3.8) is 0 Å². The van der Waals surface area contributed by atoms with Gasteiger partial charge in [0, 0.05) is 5.39 Å². The van der Waals surface area contributed by atoms with Gasteiger partial charge in [-0.25, -0.2) is 13.2 Å². The highest BCUT2D eigenvalue weighted by Gasteiger charge is 2.22. The first-order chi connectivity index (χ1) is 17.0. The first-order valence-corrected chi connectivity index (χ1v) is 13.7. The molecule has 0 aliphatic heterocycles. The van der Waals surface area contributed by atoms with Crippen molar-refractivity contribution in [3.8, 4) is 0 Å². The Kier molecular flexibility index (Phi) is 9.16. The minimum Gasteiger partial charge on any atom is -0.206 e. The molecule has 1 saturated carbocycles. The zero-order valence-electron chi connectivity index (χ0n) is 20.7. The molecule has 1 fully saturated rings. The molecule has 188 valence electrons. The summed E-state index contributed by atoms with van der Waals surface area (Å²) in [6, 6.07) is 12.4. The van der Waals surface area contributed by atoms with Gasteiger partial charge in [-0.2, -0.15) is 0 Å². The van der Waals surface area contributed by atoms with Crippen LogP contribution in [0.15, 0.2) is 42.5 Å². The van der Waals surface area contributed by atoms with Gasteiger partial charge in [0.15, 0.2) is 0 Å². The van der Waals surface area contributed by atoms with Crippen LogP contribution in [0.5, 0.6) is 0 Å². The van der Waals surface area contributed by atoms with Crippen LogP contribution in [0.4, 0.5) is 13.2 Å². The fourth-order valence-corrected chi connectivity index (χ4v) is 5.76. The second kappa shape index (κ2) is 12.3. The number of fused-ring (bicyclic) bond motifs is 1. The standard InChI is InChI=1S/C31H36ClF3/c1-2-3-4-5-6-7-21-8-11-23(12-9-21)25-16-17-27-26(20-25)15-14-24(31(27)35)13-10-22-18-28(33)30(32)29(34)19-22/h14-21,23H,2-13H2,1H3.